The molecule has 1 aliphatic rings. The van der Waals surface area contributed by atoms with Gasteiger partial charge in [0.25, 0.3) is 0 Å². The summed E-state index contributed by atoms with van der Waals surface area (Å²) in [5.41, 5.74) is 7.43. The Balaban J connectivity index is 1.45. The summed E-state index contributed by atoms with van der Waals surface area (Å²) in [4.78, 5) is 18.0. The quantitative estimate of drug-likeness (QED) is 0.391. The van der Waals surface area contributed by atoms with Crippen molar-refractivity contribution in [3.63, 3.8) is 0 Å². The maximum Gasteiger partial charge on any atom is 0.339 e. The van der Waals surface area contributed by atoms with Crippen LogP contribution in [0.25, 0.3) is 22.1 Å². The molecule has 0 amide bonds. The number of halogens is 1. The molecule has 29 heavy (non-hydrogen) atoms. The number of piperidine rings is 1. The normalized spacial score (nSPS) is 15.7. The number of ether oxygens (including phenoxy) is 1. The number of fused-ring (bicyclic) bond motifs is 1. The van der Waals surface area contributed by atoms with E-state index >= 15 is 0 Å². The average Bonchev–Trinajstić information content (AvgIpc) is 2.72. The molecule has 0 bridgehead atoms. The molecule has 0 radical (unpaired) electrons. The number of rotatable bonds is 6. The van der Waals surface area contributed by atoms with Gasteiger partial charge in [0.1, 0.15) is 11.3 Å². The molecule has 1 fully saturated rings. The zero-order valence-corrected chi connectivity index (χ0v) is 16.1. The van der Waals surface area contributed by atoms with Crippen molar-refractivity contribution in [2.75, 3.05) is 26.2 Å². The lowest BCUT2D eigenvalue weighted by Crippen LogP contribution is -2.40. The van der Waals surface area contributed by atoms with Gasteiger partial charge in [0.15, 0.2) is 0 Å². The topological polar surface area (TPSA) is 81.6 Å². The predicted molar refractivity (Wildman–Crippen MR) is 109 cm³/mol. The summed E-state index contributed by atoms with van der Waals surface area (Å²) in [6.07, 6.45) is 4.40. The molecule has 1 aromatic carbocycles. The second kappa shape index (κ2) is 8.71. The van der Waals surface area contributed by atoms with Gasteiger partial charge in [-0.25, -0.2) is 9.78 Å². The van der Waals surface area contributed by atoms with E-state index in [2.05, 4.69) is 9.88 Å². The average molecular weight is 397 g/mol. The SMILES string of the molecule is NC1CCN(CCCOc2cc(=O)oc3cc(-c4ccc(F)nc4)ccc23)CC1. The zero-order valence-electron chi connectivity index (χ0n) is 16.1. The van der Waals surface area contributed by atoms with Crippen LogP contribution in [0.1, 0.15) is 19.3 Å². The zero-order chi connectivity index (χ0) is 20.2. The van der Waals surface area contributed by atoms with Crippen LogP contribution in [-0.2, 0) is 0 Å². The van der Waals surface area contributed by atoms with Gasteiger partial charge in [0, 0.05) is 24.3 Å². The molecular weight excluding hydrogens is 373 g/mol. The van der Waals surface area contributed by atoms with Crippen molar-refractivity contribution in [3.05, 3.63) is 59.0 Å². The predicted octanol–water partition coefficient (Wildman–Crippen LogP) is 3.19. The van der Waals surface area contributed by atoms with Crippen LogP contribution in [0.3, 0.4) is 0 Å². The highest BCUT2D eigenvalue weighted by molar-refractivity contribution is 5.87. The first-order valence-corrected chi connectivity index (χ1v) is 9.89. The first-order chi connectivity index (χ1) is 14.1. The minimum absolute atomic E-state index is 0.327. The fourth-order valence-corrected chi connectivity index (χ4v) is 3.63. The Kier molecular flexibility index (Phi) is 5.87. The number of hydrogen-bond donors (Lipinski definition) is 1. The number of aromatic nitrogens is 1. The van der Waals surface area contributed by atoms with Crippen LogP contribution in [0, 0.1) is 5.95 Å². The van der Waals surface area contributed by atoms with Crippen LogP contribution in [0.15, 0.2) is 51.8 Å². The van der Waals surface area contributed by atoms with E-state index < -0.39 is 11.6 Å². The number of nitrogens with zero attached hydrogens (tertiary/aromatic N) is 2. The maximum atomic E-state index is 13.0. The van der Waals surface area contributed by atoms with Crippen LogP contribution >= 0.6 is 0 Å². The molecule has 2 N–H and O–H groups in total. The summed E-state index contributed by atoms with van der Waals surface area (Å²) in [6.45, 7) is 3.53. The van der Waals surface area contributed by atoms with E-state index in [1.807, 2.05) is 12.1 Å². The summed E-state index contributed by atoms with van der Waals surface area (Å²) in [5.74, 6) is -0.0233. The van der Waals surface area contributed by atoms with Gasteiger partial charge in [-0.2, -0.15) is 4.39 Å². The third-order valence-corrected chi connectivity index (χ3v) is 5.28. The number of pyridine rings is 1. The number of nitrogens with two attached hydrogens (primary N) is 1. The summed E-state index contributed by atoms with van der Waals surface area (Å²) in [6, 6.07) is 10.1. The van der Waals surface area contributed by atoms with Crippen molar-refractivity contribution in [3.8, 4) is 16.9 Å². The van der Waals surface area contributed by atoms with Crippen molar-refractivity contribution in [2.45, 2.75) is 25.3 Å². The lowest BCUT2D eigenvalue weighted by molar-refractivity contribution is 0.194. The van der Waals surface area contributed by atoms with E-state index in [4.69, 9.17) is 14.9 Å². The van der Waals surface area contributed by atoms with Crippen molar-refractivity contribution in [2.24, 2.45) is 5.73 Å². The fraction of sp³-hybridized carbons (Fsp3) is 0.364. The molecule has 3 heterocycles. The Hall–Kier alpha value is -2.77. The van der Waals surface area contributed by atoms with Crippen LogP contribution in [0.4, 0.5) is 4.39 Å². The molecule has 7 heteroatoms. The molecule has 0 aliphatic carbocycles. The first-order valence-electron chi connectivity index (χ1n) is 9.89. The van der Waals surface area contributed by atoms with E-state index in [0.29, 0.717) is 24.0 Å². The Morgan fingerprint density at radius 3 is 2.72 bits per heavy atom. The smallest absolute Gasteiger partial charge is 0.339 e. The second-order valence-electron chi connectivity index (χ2n) is 7.39. The first kappa shape index (κ1) is 19.5. The highest BCUT2D eigenvalue weighted by atomic mass is 19.1. The van der Waals surface area contributed by atoms with Crippen LogP contribution < -0.4 is 16.1 Å². The molecule has 3 aromatic rings. The minimum Gasteiger partial charge on any atom is -0.492 e. The Morgan fingerprint density at radius 1 is 1.17 bits per heavy atom. The largest absolute Gasteiger partial charge is 0.492 e. The number of likely N-dealkylation sites (tertiary alicyclic amines) is 1. The molecule has 1 saturated heterocycles. The third kappa shape index (κ3) is 4.81. The van der Waals surface area contributed by atoms with E-state index in [1.165, 1.54) is 18.3 Å². The second-order valence-corrected chi connectivity index (χ2v) is 7.39. The van der Waals surface area contributed by atoms with Crippen LogP contribution in [-0.4, -0.2) is 42.2 Å². The summed E-state index contributed by atoms with van der Waals surface area (Å²) < 4.78 is 24.3. The molecule has 6 nitrogen and oxygen atoms in total. The van der Waals surface area contributed by atoms with Gasteiger partial charge >= 0.3 is 5.63 Å². The molecule has 152 valence electrons. The van der Waals surface area contributed by atoms with Crippen molar-refractivity contribution in [1.82, 2.24) is 9.88 Å². The summed E-state index contributed by atoms with van der Waals surface area (Å²) in [7, 11) is 0. The fourth-order valence-electron chi connectivity index (χ4n) is 3.63. The lowest BCUT2D eigenvalue weighted by Gasteiger charge is -2.29. The molecule has 2 aromatic heterocycles. The molecule has 0 atom stereocenters. The van der Waals surface area contributed by atoms with Gasteiger partial charge in [0.05, 0.1) is 18.1 Å². The molecule has 1 aliphatic heterocycles. The third-order valence-electron chi connectivity index (χ3n) is 5.28. The molecule has 4 rings (SSSR count). The van der Waals surface area contributed by atoms with Crippen LogP contribution in [0.5, 0.6) is 5.75 Å². The Bertz CT molecular complexity index is 1030. The van der Waals surface area contributed by atoms with Crippen molar-refractivity contribution in [1.29, 1.82) is 0 Å². The highest BCUT2D eigenvalue weighted by Crippen LogP contribution is 2.29. The van der Waals surface area contributed by atoms with Crippen LogP contribution in [0.2, 0.25) is 0 Å². The maximum absolute atomic E-state index is 13.0. The summed E-state index contributed by atoms with van der Waals surface area (Å²) >= 11 is 0. The minimum atomic E-state index is -0.538. The monoisotopic (exact) mass is 397 g/mol. The van der Waals surface area contributed by atoms with Gasteiger partial charge in [-0.1, -0.05) is 6.07 Å². The van der Waals surface area contributed by atoms with Gasteiger partial charge in [-0.15, -0.1) is 0 Å². The summed E-state index contributed by atoms with van der Waals surface area (Å²) in [5, 5.41) is 0.729. The van der Waals surface area contributed by atoms with Gasteiger partial charge < -0.3 is 19.8 Å². The standard InChI is InChI=1S/C22H24FN3O3/c23-21-5-3-16(14-25-21)15-2-4-18-19(13-22(27)29-20(18)12-15)28-11-1-8-26-9-6-17(24)7-10-26/h2-5,12-14,17H,1,6-11,24H2. The molecule has 0 saturated carbocycles. The number of benzene rings is 1. The number of hydrogen-bond acceptors (Lipinski definition) is 6. The van der Waals surface area contributed by atoms with E-state index in [9.17, 15) is 9.18 Å². The van der Waals surface area contributed by atoms with E-state index in [-0.39, 0.29) is 0 Å². The van der Waals surface area contributed by atoms with E-state index in [0.717, 1.165) is 55.4 Å². The molecule has 0 unspecified atom stereocenters. The molecule has 0 spiro atoms. The highest BCUT2D eigenvalue weighted by Gasteiger charge is 2.15. The van der Waals surface area contributed by atoms with Crippen molar-refractivity contribution < 1.29 is 13.5 Å². The lowest BCUT2D eigenvalue weighted by atomic mass is 10.1. The van der Waals surface area contributed by atoms with Crippen molar-refractivity contribution >= 4 is 11.0 Å². The Morgan fingerprint density at radius 2 is 1.97 bits per heavy atom. The van der Waals surface area contributed by atoms with Gasteiger partial charge in [0.2, 0.25) is 5.95 Å². The van der Waals surface area contributed by atoms with E-state index in [1.54, 1.807) is 12.1 Å². The Labute approximate surface area is 168 Å². The van der Waals surface area contributed by atoms with Gasteiger partial charge in [-0.3, -0.25) is 0 Å². The van der Waals surface area contributed by atoms with Gasteiger partial charge in [-0.05, 0) is 62.2 Å². The molecular formula is C22H24FN3O3.